The molecule has 134 valence electrons. The first-order valence-corrected chi connectivity index (χ1v) is 9.51. The highest BCUT2D eigenvalue weighted by atomic mass is 35.5. The summed E-state index contributed by atoms with van der Waals surface area (Å²) in [5.74, 6) is 0.777. The van der Waals surface area contributed by atoms with E-state index < -0.39 is 10.0 Å². The molecule has 0 unspecified atom stereocenters. The summed E-state index contributed by atoms with van der Waals surface area (Å²) in [6.45, 7) is 1.88. The maximum Gasteiger partial charge on any atom is 0.263 e. The van der Waals surface area contributed by atoms with E-state index in [9.17, 15) is 8.42 Å². The van der Waals surface area contributed by atoms with E-state index in [2.05, 4.69) is 14.7 Å². The quantitative estimate of drug-likeness (QED) is 0.669. The number of sulfonamides is 1. The average Bonchev–Trinajstić information content (AvgIpc) is 2.62. The lowest BCUT2D eigenvalue weighted by Crippen LogP contribution is -2.15. The zero-order chi connectivity index (χ0) is 18.7. The molecule has 1 N–H and O–H groups in total. The van der Waals surface area contributed by atoms with E-state index in [0.717, 1.165) is 5.56 Å². The molecular formula is C18H16ClN3O3S. The Bertz CT molecular complexity index is 1020. The zero-order valence-corrected chi connectivity index (χ0v) is 15.7. The SMILES string of the molecule is COc1ccc(-c2c(Cl)ncnc2NS(=O)(=O)c2ccc(C)cc2)cc1. The topological polar surface area (TPSA) is 81.2 Å². The van der Waals surface area contributed by atoms with Crippen molar-refractivity contribution in [1.29, 1.82) is 0 Å². The Morgan fingerprint density at radius 3 is 2.27 bits per heavy atom. The van der Waals surface area contributed by atoms with Gasteiger partial charge in [-0.05, 0) is 36.8 Å². The Morgan fingerprint density at radius 1 is 1.00 bits per heavy atom. The maximum atomic E-state index is 12.7. The molecule has 0 atom stereocenters. The Balaban J connectivity index is 2.03. The smallest absolute Gasteiger partial charge is 0.263 e. The second-order valence-electron chi connectivity index (χ2n) is 5.54. The number of hydrogen-bond donors (Lipinski definition) is 1. The van der Waals surface area contributed by atoms with Crippen LogP contribution in [0.1, 0.15) is 5.56 Å². The molecule has 0 radical (unpaired) electrons. The van der Waals surface area contributed by atoms with Gasteiger partial charge in [-0.1, -0.05) is 41.4 Å². The van der Waals surface area contributed by atoms with Crippen LogP contribution in [0.3, 0.4) is 0 Å². The second-order valence-corrected chi connectivity index (χ2v) is 7.58. The molecule has 0 spiro atoms. The summed E-state index contributed by atoms with van der Waals surface area (Å²) in [4.78, 5) is 8.17. The van der Waals surface area contributed by atoms with Gasteiger partial charge in [0.2, 0.25) is 0 Å². The van der Waals surface area contributed by atoms with Crippen molar-refractivity contribution < 1.29 is 13.2 Å². The summed E-state index contributed by atoms with van der Waals surface area (Å²) in [5.41, 5.74) is 2.03. The summed E-state index contributed by atoms with van der Waals surface area (Å²) in [5, 5.41) is 0.145. The van der Waals surface area contributed by atoms with Crippen LogP contribution in [0.2, 0.25) is 5.15 Å². The van der Waals surface area contributed by atoms with Gasteiger partial charge in [-0.3, -0.25) is 4.72 Å². The Hall–Kier alpha value is -2.64. The molecule has 1 aromatic heterocycles. The summed E-state index contributed by atoms with van der Waals surface area (Å²) < 4.78 is 33.0. The number of anilines is 1. The first-order chi connectivity index (χ1) is 12.4. The van der Waals surface area contributed by atoms with Crippen LogP contribution >= 0.6 is 11.6 Å². The van der Waals surface area contributed by atoms with Gasteiger partial charge in [-0.2, -0.15) is 0 Å². The fraction of sp³-hybridized carbons (Fsp3) is 0.111. The number of halogens is 1. The van der Waals surface area contributed by atoms with Gasteiger partial charge in [0.15, 0.2) is 5.82 Å². The second kappa shape index (κ2) is 7.31. The van der Waals surface area contributed by atoms with Crippen LogP contribution in [0.4, 0.5) is 5.82 Å². The minimum atomic E-state index is -3.81. The lowest BCUT2D eigenvalue weighted by molar-refractivity contribution is 0.415. The standard InChI is InChI=1S/C18H16ClN3O3S/c1-12-3-9-15(10-4-12)26(23,24)22-18-16(17(19)20-11-21-18)13-5-7-14(25-2)8-6-13/h3-11H,1-2H3,(H,20,21,22). The molecule has 0 aliphatic carbocycles. The van der Waals surface area contributed by atoms with Gasteiger partial charge in [0, 0.05) is 0 Å². The predicted molar refractivity (Wildman–Crippen MR) is 101 cm³/mol. The highest BCUT2D eigenvalue weighted by Gasteiger charge is 2.20. The molecule has 1 heterocycles. The number of nitrogens with zero attached hydrogens (tertiary/aromatic N) is 2. The number of nitrogens with one attached hydrogen (secondary N) is 1. The van der Waals surface area contributed by atoms with Crippen molar-refractivity contribution >= 4 is 27.4 Å². The van der Waals surface area contributed by atoms with Gasteiger partial charge in [0.1, 0.15) is 17.2 Å². The molecular weight excluding hydrogens is 374 g/mol. The summed E-state index contributed by atoms with van der Waals surface area (Å²) in [6, 6.07) is 13.5. The van der Waals surface area contributed by atoms with Crippen LogP contribution in [-0.2, 0) is 10.0 Å². The van der Waals surface area contributed by atoms with Gasteiger partial charge in [-0.25, -0.2) is 18.4 Å². The molecule has 0 fully saturated rings. The number of aryl methyl sites for hydroxylation is 1. The summed E-state index contributed by atoms with van der Waals surface area (Å²) >= 11 is 6.22. The Morgan fingerprint density at radius 2 is 1.65 bits per heavy atom. The number of ether oxygens (including phenoxy) is 1. The van der Waals surface area contributed by atoms with Crippen molar-refractivity contribution in [1.82, 2.24) is 9.97 Å². The van der Waals surface area contributed by atoms with E-state index in [4.69, 9.17) is 16.3 Å². The molecule has 26 heavy (non-hydrogen) atoms. The summed E-state index contributed by atoms with van der Waals surface area (Å²) in [7, 11) is -2.25. The van der Waals surface area contributed by atoms with Gasteiger partial charge >= 0.3 is 0 Å². The third kappa shape index (κ3) is 3.79. The molecule has 2 aromatic carbocycles. The monoisotopic (exact) mass is 389 g/mol. The number of hydrogen-bond acceptors (Lipinski definition) is 5. The lowest BCUT2D eigenvalue weighted by Gasteiger charge is -2.13. The largest absolute Gasteiger partial charge is 0.497 e. The molecule has 3 rings (SSSR count). The zero-order valence-electron chi connectivity index (χ0n) is 14.1. The van der Waals surface area contributed by atoms with E-state index in [1.807, 2.05) is 6.92 Å². The predicted octanol–water partition coefficient (Wildman–Crippen LogP) is 3.91. The summed E-state index contributed by atoms with van der Waals surface area (Å²) in [6.07, 6.45) is 1.21. The van der Waals surface area contributed by atoms with Crippen LogP contribution in [0.5, 0.6) is 5.75 Å². The maximum absolute atomic E-state index is 12.7. The first kappa shape index (κ1) is 18.2. The van der Waals surface area contributed by atoms with Gasteiger partial charge in [-0.15, -0.1) is 0 Å². The minimum Gasteiger partial charge on any atom is -0.497 e. The van der Waals surface area contributed by atoms with Crippen LogP contribution in [0.15, 0.2) is 59.8 Å². The van der Waals surface area contributed by atoms with Crippen molar-refractivity contribution in [3.8, 4) is 16.9 Å². The molecule has 0 amide bonds. The number of benzene rings is 2. The van der Waals surface area contributed by atoms with Crippen LogP contribution < -0.4 is 9.46 Å². The highest BCUT2D eigenvalue weighted by Crippen LogP contribution is 2.34. The minimum absolute atomic E-state index is 0.107. The molecule has 0 aliphatic rings. The third-order valence-electron chi connectivity index (χ3n) is 3.74. The van der Waals surface area contributed by atoms with E-state index in [1.54, 1.807) is 43.5 Å². The molecule has 0 bridgehead atoms. The third-order valence-corrected chi connectivity index (χ3v) is 5.38. The van der Waals surface area contributed by atoms with E-state index >= 15 is 0 Å². The van der Waals surface area contributed by atoms with Crippen molar-refractivity contribution in [2.45, 2.75) is 11.8 Å². The molecule has 6 nitrogen and oxygen atoms in total. The first-order valence-electron chi connectivity index (χ1n) is 7.65. The lowest BCUT2D eigenvalue weighted by atomic mass is 10.1. The van der Waals surface area contributed by atoms with Gasteiger partial charge in [0.25, 0.3) is 10.0 Å². The van der Waals surface area contributed by atoms with E-state index in [0.29, 0.717) is 16.9 Å². The molecule has 0 aliphatic heterocycles. The van der Waals surface area contributed by atoms with Crippen LogP contribution in [0, 0.1) is 6.92 Å². The van der Waals surface area contributed by atoms with Crippen LogP contribution in [0.25, 0.3) is 11.1 Å². The fourth-order valence-electron chi connectivity index (χ4n) is 2.36. The normalized spacial score (nSPS) is 11.2. The van der Waals surface area contributed by atoms with Crippen molar-refractivity contribution in [2.75, 3.05) is 11.8 Å². The van der Waals surface area contributed by atoms with E-state index in [1.165, 1.54) is 18.5 Å². The molecule has 3 aromatic rings. The Labute approximate surface area is 156 Å². The van der Waals surface area contributed by atoms with E-state index in [-0.39, 0.29) is 15.9 Å². The molecule has 8 heteroatoms. The van der Waals surface area contributed by atoms with Crippen LogP contribution in [-0.4, -0.2) is 25.5 Å². The van der Waals surface area contributed by atoms with Crippen molar-refractivity contribution in [2.24, 2.45) is 0 Å². The fourth-order valence-corrected chi connectivity index (χ4v) is 3.62. The average molecular weight is 390 g/mol. The number of aromatic nitrogens is 2. The van der Waals surface area contributed by atoms with Crippen molar-refractivity contribution in [3.05, 3.63) is 65.6 Å². The van der Waals surface area contributed by atoms with Gasteiger partial charge in [0.05, 0.1) is 17.6 Å². The number of methoxy groups -OCH3 is 1. The van der Waals surface area contributed by atoms with Gasteiger partial charge < -0.3 is 4.74 Å². The molecule has 0 saturated heterocycles. The molecule has 0 saturated carbocycles. The highest BCUT2D eigenvalue weighted by molar-refractivity contribution is 7.92. The van der Waals surface area contributed by atoms with Crippen molar-refractivity contribution in [3.63, 3.8) is 0 Å². The number of rotatable bonds is 5. The Kier molecular flexibility index (Phi) is 5.11.